The summed E-state index contributed by atoms with van der Waals surface area (Å²) in [4.78, 5) is 52.2. The van der Waals surface area contributed by atoms with Gasteiger partial charge in [0.1, 0.15) is 5.75 Å². The number of nitrogens with zero attached hydrogens (tertiary/aromatic N) is 2. The Morgan fingerprint density at radius 2 is 1.76 bits per heavy atom. The second kappa shape index (κ2) is 12.2. The van der Waals surface area contributed by atoms with E-state index in [-0.39, 0.29) is 48.2 Å². The van der Waals surface area contributed by atoms with E-state index in [1.54, 1.807) is 6.07 Å². The maximum absolute atomic E-state index is 13.5. The molecule has 3 rings (SSSR count). The Hall–Kier alpha value is -4.13. The molecule has 0 radical (unpaired) electrons. The lowest BCUT2D eigenvalue weighted by Gasteiger charge is -2.30. The third kappa shape index (κ3) is 7.34. The highest BCUT2D eigenvalue weighted by molar-refractivity contribution is 7.92. The summed E-state index contributed by atoms with van der Waals surface area (Å²) >= 11 is 0. The number of anilines is 3. The molecular formula is C28H36N4O8S. The Labute approximate surface area is 240 Å². The van der Waals surface area contributed by atoms with E-state index in [0.717, 1.165) is 11.2 Å². The number of amides is 5. The van der Waals surface area contributed by atoms with Gasteiger partial charge in [0.05, 0.1) is 36.9 Å². The second-order valence-corrected chi connectivity index (χ2v) is 12.9. The van der Waals surface area contributed by atoms with Crippen LogP contribution in [0.4, 0.5) is 26.7 Å². The first-order valence-corrected chi connectivity index (χ1v) is 14.8. The van der Waals surface area contributed by atoms with E-state index in [4.69, 9.17) is 9.47 Å². The van der Waals surface area contributed by atoms with E-state index in [1.807, 2.05) is 34.6 Å². The number of imide groups is 1. The fourth-order valence-electron chi connectivity index (χ4n) is 4.14. The van der Waals surface area contributed by atoms with Crippen LogP contribution in [0.1, 0.15) is 57.0 Å². The topological polar surface area (TPSA) is 151 Å². The molecule has 13 heteroatoms. The van der Waals surface area contributed by atoms with E-state index < -0.39 is 39.4 Å². The van der Waals surface area contributed by atoms with Crippen LogP contribution in [-0.2, 0) is 25.0 Å². The molecule has 1 saturated heterocycles. The van der Waals surface area contributed by atoms with E-state index in [0.29, 0.717) is 15.6 Å². The van der Waals surface area contributed by atoms with Gasteiger partial charge in [-0.05, 0) is 47.7 Å². The number of carbonyl (C=O) groups excluding carboxylic acids is 4. The number of carbonyl (C=O) groups is 4. The summed E-state index contributed by atoms with van der Waals surface area (Å²) in [5, 5.41) is 5.37. The zero-order chi connectivity index (χ0) is 30.7. The van der Waals surface area contributed by atoms with E-state index in [9.17, 15) is 27.6 Å². The average molecular weight is 589 g/mol. The third-order valence-corrected chi connectivity index (χ3v) is 7.08. The van der Waals surface area contributed by atoms with Gasteiger partial charge in [0.2, 0.25) is 15.9 Å². The summed E-state index contributed by atoms with van der Waals surface area (Å²) < 4.78 is 36.0. The maximum Gasteiger partial charge on any atom is 0.428 e. The van der Waals surface area contributed by atoms with Gasteiger partial charge in [-0.15, -0.1) is 0 Å². The Balaban J connectivity index is 1.98. The van der Waals surface area contributed by atoms with Gasteiger partial charge >= 0.3 is 12.1 Å². The average Bonchev–Trinajstić information content (AvgIpc) is 2.86. The van der Waals surface area contributed by atoms with E-state index in [2.05, 4.69) is 10.6 Å². The minimum atomic E-state index is -4.01. The fraction of sp³-hybridized carbons (Fsp3) is 0.429. The minimum Gasteiger partial charge on any atom is -0.496 e. The Kier molecular flexibility index (Phi) is 9.32. The number of urea groups is 1. The molecular weight excluding hydrogens is 552 g/mol. The van der Waals surface area contributed by atoms with Gasteiger partial charge in [0, 0.05) is 24.2 Å². The highest BCUT2D eigenvalue weighted by atomic mass is 32.2. The van der Waals surface area contributed by atoms with Crippen molar-refractivity contribution in [1.29, 1.82) is 0 Å². The molecule has 12 nitrogen and oxygen atoms in total. The number of methoxy groups -OCH3 is 1. The van der Waals surface area contributed by atoms with Crippen molar-refractivity contribution in [3.8, 4) is 5.75 Å². The lowest BCUT2D eigenvalue weighted by atomic mass is 9.84. The molecule has 41 heavy (non-hydrogen) atoms. The lowest BCUT2D eigenvalue weighted by molar-refractivity contribution is -0.118. The molecule has 1 aliphatic heterocycles. The van der Waals surface area contributed by atoms with Crippen LogP contribution in [-0.4, -0.2) is 58.9 Å². The minimum absolute atomic E-state index is 0.00894. The summed E-state index contributed by atoms with van der Waals surface area (Å²) in [5.74, 6) is -0.711. The van der Waals surface area contributed by atoms with Gasteiger partial charge in [-0.2, -0.15) is 4.31 Å². The van der Waals surface area contributed by atoms with Crippen LogP contribution >= 0.6 is 0 Å². The lowest BCUT2D eigenvalue weighted by Crippen LogP contribution is -2.50. The van der Waals surface area contributed by atoms with Crippen LogP contribution < -0.4 is 24.6 Å². The Bertz CT molecular complexity index is 1430. The SMILES string of the molecule is COc1c(C(=O)Nc2ccc(N(C(=O)OCC(C)C)S(C)(=O)=O)cc2)cc(N2C(=O)CCNC2=O)cc1C(C)(C)C. The summed E-state index contributed by atoms with van der Waals surface area (Å²) in [7, 11) is -2.58. The number of benzene rings is 2. The van der Waals surface area contributed by atoms with Crippen molar-refractivity contribution in [2.24, 2.45) is 5.92 Å². The predicted molar refractivity (Wildman–Crippen MR) is 155 cm³/mol. The number of rotatable bonds is 8. The van der Waals surface area contributed by atoms with Crippen LogP contribution in [0.2, 0.25) is 0 Å². The van der Waals surface area contributed by atoms with Crippen molar-refractivity contribution in [3.63, 3.8) is 0 Å². The summed E-state index contributed by atoms with van der Waals surface area (Å²) in [5.41, 5.74) is 0.713. The van der Waals surface area contributed by atoms with Crippen molar-refractivity contribution in [3.05, 3.63) is 47.5 Å². The van der Waals surface area contributed by atoms with E-state index in [1.165, 1.54) is 37.4 Å². The third-order valence-electron chi connectivity index (χ3n) is 6.05. The molecule has 0 unspecified atom stereocenters. The fourth-order valence-corrected chi connectivity index (χ4v) is 4.97. The monoisotopic (exact) mass is 588 g/mol. The highest BCUT2D eigenvalue weighted by Gasteiger charge is 2.32. The van der Waals surface area contributed by atoms with Crippen molar-refractivity contribution >= 4 is 51.0 Å². The smallest absolute Gasteiger partial charge is 0.428 e. The normalized spacial score (nSPS) is 14.0. The molecule has 1 heterocycles. The van der Waals surface area contributed by atoms with Crippen LogP contribution in [0.25, 0.3) is 0 Å². The molecule has 2 aromatic rings. The van der Waals surface area contributed by atoms with Crippen LogP contribution in [0.5, 0.6) is 5.75 Å². The molecule has 0 bridgehead atoms. The van der Waals surface area contributed by atoms with Crippen LogP contribution in [0.15, 0.2) is 36.4 Å². The molecule has 0 atom stereocenters. The molecule has 1 fully saturated rings. The Morgan fingerprint density at radius 3 is 2.27 bits per heavy atom. The molecule has 5 amide bonds. The van der Waals surface area contributed by atoms with Crippen molar-refractivity contribution in [1.82, 2.24) is 5.32 Å². The van der Waals surface area contributed by atoms with Gasteiger partial charge in [0.25, 0.3) is 5.91 Å². The second-order valence-electron chi connectivity index (χ2n) is 11.0. The first-order valence-electron chi connectivity index (χ1n) is 13.0. The molecule has 0 spiro atoms. The number of sulfonamides is 1. The van der Waals surface area contributed by atoms with Crippen molar-refractivity contribution in [2.75, 3.05) is 41.0 Å². The standard InChI is InChI=1S/C28H36N4O8S/c1-17(2)16-40-27(36)32(41(7,37)38)19-10-8-18(9-11-19)30-25(34)21-14-20(31-23(33)12-13-29-26(31)35)15-22(24(21)39-6)28(3,4)5/h8-11,14-15,17H,12-13,16H2,1-7H3,(H,29,35)(H,30,34). The van der Waals surface area contributed by atoms with Crippen LogP contribution in [0.3, 0.4) is 0 Å². The molecule has 2 aromatic carbocycles. The van der Waals surface area contributed by atoms with Gasteiger partial charge in [-0.3, -0.25) is 9.59 Å². The molecule has 222 valence electrons. The molecule has 1 aliphatic rings. The van der Waals surface area contributed by atoms with Gasteiger partial charge < -0.3 is 20.1 Å². The largest absolute Gasteiger partial charge is 0.496 e. The zero-order valence-electron chi connectivity index (χ0n) is 24.2. The predicted octanol–water partition coefficient (Wildman–Crippen LogP) is 4.25. The first-order chi connectivity index (χ1) is 19.0. The quantitative estimate of drug-likeness (QED) is 0.464. The number of hydrogen-bond acceptors (Lipinski definition) is 8. The van der Waals surface area contributed by atoms with Crippen LogP contribution in [0, 0.1) is 5.92 Å². The molecule has 0 aromatic heterocycles. The van der Waals surface area contributed by atoms with E-state index >= 15 is 0 Å². The Morgan fingerprint density at radius 1 is 1.12 bits per heavy atom. The zero-order valence-corrected chi connectivity index (χ0v) is 25.0. The summed E-state index contributed by atoms with van der Waals surface area (Å²) in [6, 6.07) is 8.07. The number of nitrogens with one attached hydrogen (secondary N) is 2. The summed E-state index contributed by atoms with van der Waals surface area (Å²) in [6.45, 7) is 9.65. The molecule has 0 aliphatic carbocycles. The van der Waals surface area contributed by atoms with Crippen molar-refractivity contribution in [2.45, 2.75) is 46.5 Å². The highest BCUT2D eigenvalue weighted by Crippen LogP contribution is 2.38. The van der Waals surface area contributed by atoms with Gasteiger partial charge in [-0.1, -0.05) is 34.6 Å². The molecule has 2 N–H and O–H groups in total. The molecule has 0 saturated carbocycles. The van der Waals surface area contributed by atoms with Gasteiger partial charge in [0.15, 0.2) is 0 Å². The van der Waals surface area contributed by atoms with Gasteiger partial charge in [-0.25, -0.2) is 22.9 Å². The first kappa shape index (κ1) is 31.4. The van der Waals surface area contributed by atoms with Crippen molar-refractivity contribution < 1.29 is 37.1 Å². The summed E-state index contributed by atoms with van der Waals surface area (Å²) in [6.07, 6.45) is -0.0318. The number of hydrogen-bond donors (Lipinski definition) is 2. The number of ether oxygens (including phenoxy) is 2. The maximum atomic E-state index is 13.5.